The Balaban J connectivity index is 2.67. The van der Waals surface area contributed by atoms with E-state index >= 15 is 0 Å². The first-order chi connectivity index (χ1) is 21.2. The molecule has 268 valence electrons. The first-order valence-electron chi connectivity index (χ1n) is 15.4. The van der Waals surface area contributed by atoms with Gasteiger partial charge in [-0.2, -0.15) is 21.6 Å². The Kier molecular flexibility index (Phi) is 12.5. The van der Waals surface area contributed by atoms with Crippen LogP contribution in [-0.4, -0.2) is 72.6 Å². The van der Waals surface area contributed by atoms with Gasteiger partial charge in [-0.05, 0) is 40.8 Å². The average molecular weight is 727 g/mol. The van der Waals surface area contributed by atoms with E-state index < -0.39 is 73.5 Å². The van der Waals surface area contributed by atoms with Crippen molar-refractivity contribution in [2.75, 3.05) is 20.3 Å². The number of benzene rings is 1. The number of nitro benzene ring substituents is 1. The number of alkyl halides is 3. The highest BCUT2D eigenvalue weighted by Gasteiger charge is 2.50. The molecular formula is C30H49F3N2O9SSi2. The van der Waals surface area contributed by atoms with Crippen LogP contribution in [0, 0.1) is 10.1 Å². The molecule has 0 aromatic heterocycles. The Hall–Kier alpha value is -2.64. The van der Waals surface area contributed by atoms with Crippen LogP contribution in [0.2, 0.25) is 34.8 Å². The van der Waals surface area contributed by atoms with E-state index in [1.807, 2.05) is 33.9 Å². The van der Waals surface area contributed by atoms with Gasteiger partial charge < -0.3 is 22.7 Å². The van der Waals surface area contributed by atoms with E-state index in [0.29, 0.717) is 0 Å². The summed E-state index contributed by atoms with van der Waals surface area (Å²) in [4.78, 5) is 27.0. The second kappa shape index (κ2) is 14.5. The van der Waals surface area contributed by atoms with Crippen molar-refractivity contribution < 1.29 is 49.1 Å². The van der Waals surface area contributed by atoms with Crippen LogP contribution in [0.4, 0.5) is 18.9 Å². The van der Waals surface area contributed by atoms with Gasteiger partial charge in [0.25, 0.3) is 19.9 Å². The van der Waals surface area contributed by atoms with Crippen LogP contribution in [-0.2, 0) is 18.7 Å². The van der Waals surface area contributed by atoms with E-state index in [1.54, 1.807) is 0 Å². The highest BCUT2D eigenvalue weighted by atomic mass is 32.2. The Morgan fingerprint density at radius 3 is 2.00 bits per heavy atom. The fourth-order valence-electron chi connectivity index (χ4n) is 5.76. The SMILES string of the molecule is COc1cc(C(=O)N2CC=C(OS(=O)(=O)C(F)(F)F)CC2CO[Si](C)(C)C(C)(C)C)c([N+](=O)[O-])cc1O[Si](C(C)C)(C(C)C)C(C)C. The van der Waals surface area contributed by atoms with Crippen molar-refractivity contribution in [1.29, 1.82) is 0 Å². The molecule has 0 radical (unpaired) electrons. The minimum atomic E-state index is -5.96. The van der Waals surface area contributed by atoms with Crippen molar-refractivity contribution in [2.45, 2.75) is 115 Å². The molecular weight excluding hydrogens is 678 g/mol. The van der Waals surface area contributed by atoms with Crippen LogP contribution in [0.5, 0.6) is 11.5 Å². The lowest BCUT2D eigenvalue weighted by molar-refractivity contribution is -0.385. The lowest BCUT2D eigenvalue weighted by Gasteiger charge is -2.42. The van der Waals surface area contributed by atoms with E-state index in [-0.39, 0.29) is 45.3 Å². The molecule has 1 aliphatic rings. The van der Waals surface area contributed by atoms with Gasteiger partial charge in [-0.25, -0.2) is 0 Å². The molecule has 0 N–H and O–H groups in total. The van der Waals surface area contributed by atoms with Crippen molar-refractivity contribution in [3.05, 3.63) is 39.6 Å². The lowest BCUT2D eigenvalue weighted by atomic mass is 10.0. The molecule has 1 amide bonds. The molecule has 0 aliphatic carbocycles. The molecule has 0 saturated carbocycles. The van der Waals surface area contributed by atoms with Crippen molar-refractivity contribution >= 4 is 38.3 Å². The molecule has 0 saturated heterocycles. The number of methoxy groups -OCH3 is 1. The topological polar surface area (TPSA) is 135 Å². The summed E-state index contributed by atoms with van der Waals surface area (Å²) in [5, 5.41) is 12.1. The van der Waals surface area contributed by atoms with Gasteiger partial charge in [-0.1, -0.05) is 62.3 Å². The molecule has 1 aromatic rings. The first kappa shape index (κ1) is 40.5. The van der Waals surface area contributed by atoms with Crippen molar-refractivity contribution in [3.8, 4) is 11.5 Å². The Labute approximate surface area is 278 Å². The maximum Gasteiger partial charge on any atom is 0.534 e. The third-order valence-corrected chi connectivity index (χ3v) is 20.8. The molecule has 0 bridgehead atoms. The van der Waals surface area contributed by atoms with E-state index in [1.165, 1.54) is 24.1 Å². The molecule has 1 atom stereocenters. The van der Waals surface area contributed by atoms with E-state index in [2.05, 4.69) is 45.7 Å². The third-order valence-electron chi connectivity index (χ3n) is 9.30. The molecule has 0 fully saturated rings. The number of rotatable bonds is 13. The quantitative estimate of drug-likeness (QED) is 0.0649. The standard InChI is InChI=1S/C30H49F3N2O9SSi2/c1-19(2)47(20(3)4,21(5)6)44-27-17-25(35(37)38)24(16-26(27)41-10)28(36)34-14-13-23(43-45(39,40)30(31,32)33)15-22(34)18-42-46(11,12)29(7,8)9/h13,16-17,19-22H,14-15,18H2,1-12H3. The Bertz CT molecular complexity index is 1440. The maximum absolute atomic E-state index is 14.1. The van der Waals surface area contributed by atoms with Crippen LogP contribution < -0.4 is 9.16 Å². The van der Waals surface area contributed by atoms with Crippen molar-refractivity contribution in [2.24, 2.45) is 0 Å². The number of nitrogens with zero attached hydrogens (tertiary/aromatic N) is 2. The summed E-state index contributed by atoms with van der Waals surface area (Å²) >= 11 is 0. The van der Waals surface area contributed by atoms with E-state index in [0.717, 1.165) is 6.08 Å². The predicted molar refractivity (Wildman–Crippen MR) is 178 cm³/mol. The first-order valence-corrected chi connectivity index (χ1v) is 21.9. The highest BCUT2D eigenvalue weighted by Crippen LogP contribution is 2.46. The average Bonchev–Trinajstić information content (AvgIpc) is 2.92. The summed E-state index contributed by atoms with van der Waals surface area (Å²) < 4.78 is 85.8. The Morgan fingerprint density at radius 1 is 1.04 bits per heavy atom. The lowest BCUT2D eigenvalue weighted by Crippen LogP contribution is -2.51. The summed E-state index contributed by atoms with van der Waals surface area (Å²) in [6, 6.07) is 1.42. The van der Waals surface area contributed by atoms with Crippen LogP contribution in [0.25, 0.3) is 0 Å². The summed E-state index contributed by atoms with van der Waals surface area (Å²) in [5.41, 5.74) is -6.13. The summed E-state index contributed by atoms with van der Waals surface area (Å²) in [7, 11) is -9.68. The van der Waals surface area contributed by atoms with Gasteiger partial charge >= 0.3 is 15.6 Å². The number of carbonyl (C=O) groups is 1. The zero-order valence-electron chi connectivity index (χ0n) is 29.3. The number of hydrogen-bond acceptors (Lipinski definition) is 9. The van der Waals surface area contributed by atoms with E-state index in [4.69, 9.17) is 13.6 Å². The molecule has 47 heavy (non-hydrogen) atoms. The largest absolute Gasteiger partial charge is 0.540 e. The van der Waals surface area contributed by atoms with Gasteiger partial charge in [0.2, 0.25) is 0 Å². The summed E-state index contributed by atoms with van der Waals surface area (Å²) in [5.74, 6) is -1.08. The summed E-state index contributed by atoms with van der Waals surface area (Å²) in [6.45, 7) is 21.6. The third kappa shape index (κ3) is 8.70. The predicted octanol–water partition coefficient (Wildman–Crippen LogP) is 8.14. The van der Waals surface area contributed by atoms with Crippen LogP contribution in [0.15, 0.2) is 24.0 Å². The maximum atomic E-state index is 14.1. The molecule has 0 spiro atoms. The molecule has 11 nitrogen and oxygen atoms in total. The number of amides is 1. The normalized spacial score (nSPS) is 16.9. The molecule has 1 unspecified atom stereocenters. The zero-order chi connectivity index (χ0) is 36.5. The van der Waals surface area contributed by atoms with Gasteiger partial charge in [-0.15, -0.1) is 0 Å². The van der Waals surface area contributed by atoms with E-state index in [9.17, 15) is 36.5 Å². The highest BCUT2D eigenvalue weighted by molar-refractivity contribution is 7.87. The zero-order valence-corrected chi connectivity index (χ0v) is 32.1. The number of halogens is 3. The van der Waals surface area contributed by atoms with Gasteiger partial charge in [-0.3, -0.25) is 14.9 Å². The van der Waals surface area contributed by atoms with Gasteiger partial charge in [0, 0.05) is 19.0 Å². The summed E-state index contributed by atoms with van der Waals surface area (Å²) in [6.07, 6.45) is 0.603. The van der Waals surface area contributed by atoms with Gasteiger partial charge in [0.1, 0.15) is 11.3 Å². The van der Waals surface area contributed by atoms with Crippen molar-refractivity contribution in [1.82, 2.24) is 4.90 Å². The van der Waals surface area contributed by atoms with Crippen LogP contribution in [0.1, 0.15) is 79.1 Å². The van der Waals surface area contributed by atoms with Crippen molar-refractivity contribution in [3.63, 3.8) is 0 Å². The van der Waals surface area contributed by atoms with Crippen LogP contribution in [0.3, 0.4) is 0 Å². The minimum absolute atomic E-state index is 0.111. The smallest absolute Gasteiger partial charge is 0.534 e. The molecule has 17 heteroatoms. The van der Waals surface area contributed by atoms with Gasteiger partial charge in [0.05, 0.1) is 30.7 Å². The molecule has 2 rings (SSSR count). The second-order valence-electron chi connectivity index (χ2n) is 14.2. The molecule has 1 aromatic carbocycles. The molecule has 1 heterocycles. The van der Waals surface area contributed by atoms with Crippen LogP contribution >= 0.6 is 0 Å². The number of ether oxygens (including phenoxy) is 1. The van der Waals surface area contributed by atoms with Gasteiger partial charge in [0.15, 0.2) is 19.8 Å². The molecule has 1 aliphatic heterocycles. The number of nitro groups is 1. The second-order valence-corrected chi connectivity index (χ2v) is 26.0. The number of hydrogen-bond donors (Lipinski definition) is 0. The monoisotopic (exact) mass is 726 g/mol. The minimum Gasteiger partial charge on any atom is -0.540 e. The fourth-order valence-corrected chi connectivity index (χ4v) is 12.6. The fraction of sp³-hybridized carbons (Fsp3) is 0.700. The number of carbonyl (C=O) groups excluding carboxylic acids is 1. The Morgan fingerprint density at radius 2 is 1.57 bits per heavy atom.